The van der Waals surface area contributed by atoms with E-state index in [2.05, 4.69) is 55.1 Å². The molecule has 0 aliphatic rings. The van der Waals surface area contributed by atoms with E-state index in [1.165, 1.54) is 198 Å². The van der Waals surface area contributed by atoms with E-state index in [0.717, 1.165) is 38.8 Å². The van der Waals surface area contributed by atoms with Crippen LogP contribution in [0.5, 0.6) is 0 Å². The molecule has 0 aliphatic heterocycles. The predicted molar refractivity (Wildman–Crippen MR) is 347 cm³/mol. The van der Waals surface area contributed by atoms with Gasteiger partial charge in [0.2, 0.25) is 23.7 Å². The summed E-state index contributed by atoms with van der Waals surface area (Å²) in [5, 5.41) is 21.0. The average Bonchev–Trinajstić information content (AvgIpc) is 2.53. The monoisotopic (exact) mass is 1220 g/mol. The van der Waals surface area contributed by atoms with Crippen LogP contribution in [0.4, 0.5) is 11.6 Å². The number of carboxylic acid groups (broad SMARTS) is 1. The largest absolute Gasteiger partial charge is 0.480 e. The van der Waals surface area contributed by atoms with Gasteiger partial charge in [-0.25, -0.2) is 24.5 Å². The molecule has 0 saturated carbocycles. The number of nitrogens with two attached hydrogens (primary N) is 1. The number of carbonyl (C=O) groups is 5. The Morgan fingerprint density at radius 1 is 0.575 bits per heavy atom. The van der Waals surface area contributed by atoms with E-state index in [-0.39, 0.29) is 92.4 Å². The van der Waals surface area contributed by atoms with Crippen LogP contribution in [0, 0.1) is 0 Å². The molecule has 8 N–H and O–H groups in total. The predicted octanol–water partition coefficient (Wildman–Crippen LogP) is 13.0. The summed E-state index contributed by atoms with van der Waals surface area (Å²) < 4.78 is 5.61. The summed E-state index contributed by atoms with van der Waals surface area (Å²) in [5.74, 6) is -2.34. The summed E-state index contributed by atoms with van der Waals surface area (Å²) in [6.07, 6.45) is 45.0. The highest BCUT2D eigenvalue weighted by atomic mass is 17.2. The third-order valence-electron chi connectivity index (χ3n) is 15.8. The van der Waals surface area contributed by atoms with Crippen LogP contribution in [-0.2, 0) is 40.2 Å². The van der Waals surface area contributed by atoms with Crippen LogP contribution in [0.1, 0.15) is 274 Å². The quantitative estimate of drug-likeness (QED) is 0.0157. The molecular weight excluding hydrogens is 1100 g/mol. The number of benzene rings is 1. The van der Waals surface area contributed by atoms with Gasteiger partial charge in [0.05, 0.1) is 31.6 Å². The molecule has 20 heteroatoms. The van der Waals surface area contributed by atoms with Crippen LogP contribution in [0.25, 0.3) is 11.2 Å². The first-order valence-electron chi connectivity index (χ1n) is 34.0. The minimum atomic E-state index is -1.29. The van der Waals surface area contributed by atoms with Crippen molar-refractivity contribution < 1.29 is 43.6 Å². The Bertz CT molecular complexity index is 2300. The Hall–Kier alpha value is -5.73. The van der Waals surface area contributed by atoms with Crippen LogP contribution >= 0.6 is 0 Å². The number of anilines is 2. The van der Waals surface area contributed by atoms with Crippen LogP contribution in [0.15, 0.2) is 35.3 Å². The number of nitrogen functional groups attached to an aromatic ring is 1. The maximum Gasteiger partial charge on any atom is 0.326 e. The molecule has 3 aromatic rings. The molecule has 87 heavy (non-hydrogen) atoms. The van der Waals surface area contributed by atoms with Crippen molar-refractivity contribution in [3.05, 3.63) is 52.1 Å². The minimum Gasteiger partial charge on any atom is -0.480 e. The number of nitrogens with one attached hydrogen (secondary N) is 5. The van der Waals surface area contributed by atoms with Gasteiger partial charge < -0.3 is 41.7 Å². The molecule has 0 bridgehead atoms. The number of aliphatic carboxylic acids is 1. The molecule has 3 rings (SSSR count). The molecule has 1 aromatic carbocycles. The Morgan fingerprint density at radius 3 is 1.55 bits per heavy atom. The van der Waals surface area contributed by atoms with Gasteiger partial charge in [0, 0.05) is 63.3 Å². The number of ether oxygens (including phenoxy) is 1. The first-order chi connectivity index (χ1) is 42.5. The molecule has 1 unspecified atom stereocenters. The van der Waals surface area contributed by atoms with E-state index < -0.39 is 23.5 Å². The maximum atomic E-state index is 13.5. The second-order valence-corrected chi connectivity index (χ2v) is 23.5. The van der Waals surface area contributed by atoms with Gasteiger partial charge in [0.15, 0.2) is 11.2 Å². The summed E-state index contributed by atoms with van der Waals surface area (Å²) in [6, 6.07) is 5.04. The van der Waals surface area contributed by atoms with Gasteiger partial charge in [-0.2, -0.15) is 4.98 Å². The van der Waals surface area contributed by atoms with Crippen molar-refractivity contribution in [1.82, 2.24) is 40.8 Å². The first-order valence-corrected chi connectivity index (χ1v) is 34.0. The molecule has 0 aliphatic carbocycles. The van der Waals surface area contributed by atoms with E-state index >= 15 is 0 Å². The van der Waals surface area contributed by atoms with Gasteiger partial charge in [-0.1, -0.05) is 206 Å². The van der Waals surface area contributed by atoms with Crippen molar-refractivity contribution in [1.29, 1.82) is 0 Å². The van der Waals surface area contributed by atoms with Crippen LogP contribution < -0.4 is 32.6 Å². The van der Waals surface area contributed by atoms with Gasteiger partial charge in [-0.15, -0.1) is 0 Å². The molecule has 2 heterocycles. The molecule has 0 saturated heterocycles. The fraction of sp³-hybridized carbons (Fsp3) is 0.746. The second kappa shape index (κ2) is 51.2. The molecule has 1 atom stereocenters. The summed E-state index contributed by atoms with van der Waals surface area (Å²) in [4.78, 5) is 103. The third kappa shape index (κ3) is 39.0. The summed E-state index contributed by atoms with van der Waals surface area (Å²) >= 11 is 0. The summed E-state index contributed by atoms with van der Waals surface area (Å²) in [7, 11) is 0. The van der Waals surface area contributed by atoms with Gasteiger partial charge >= 0.3 is 5.97 Å². The number of hydrogen-bond donors (Lipinski definition) is 7. The van der Waals surface area contributed by atoms with E-state index in [1.54, 1.807) is 12.1 Å². The highest BCUT2D eigenvalue weighted by molar-refractivity contribution is 5.97. The number of unbranched alkanes of at least 4 members (excludes halogenated alkanes) is 30. The zero-order chi connectivity index (χ0) is 62.6. The van der Waals surface area contributed by atoms with Crippen molar-refractivity contribution in [2.75, 3.05) is 63.7 Å². The van der Waals surface area contributed by atoms with Crippen molar-refractivity contribution >= 4 is 52.4 Å². The Labute approximate surface area is 520 Å². The number of aromatic amines is 1. The number of carboxylic acids is 1. The second-order valence-electron chi connectivity index (χ2n) is 23.5. The fourth-order valence-corrected chi connectivity index (χ4v) is 10.5. The SMILES string of the molecule is CCCCCCCCCCCCCCCCCCN(CCCCCCCCCCCCCCCCCC)C(=O)CCC(=O)NCCCOCCOOCCCNC(=O)CCC(NC(=O)c1ccc(NCc2cnc3nc(N)[nH]c(=O)c3n2)cc1)C(=O)O. The molecule has 0 spiro atoms. The average molecular weight is 1220 g/mol. The zero-order valence-electron chi connectivity index (χ0n) is 53.7. The van der Waals surface area contributed by atoms with Gasteiger partial charge in [0.25, 0.3) is 11.5 Å². The van der Waals surface area contributed by atoms with Crippen molar-refractivity contribution in [3.8, 4) is 0 Å². The van der Waals surface area contributed by atoms with E-state index in [1.807, 2.05) is 4.90 Å². The highest BCUT2D eigenvalue weighted by Gasteiger charge is 2.22. The van der Waals surface area contributed by atoms with Crippen molar-refractivity contribution in [2.45, 2.75) is 270 Å². The van der Waals surface area contributed by atoms with Crippen LogP contribution in [-0.4, -0.2) is 118 Å². The number of carbonyl (C=O) groups excluding carboxylic acids is 4. The third-order valence-corrected chi connectivity index (χ3v) is 15.8. The normalized spacial score (nSPS) is 11.7. The number of hydrogen-bond acceptors (Lipinski definition) is 14. The summed E-state index contributed by atoms with van der Waals surface area (Å²) in [6.45, 7) is 8.17. The van der Waals surface area contributed by atoms with Gasteiger partial charge in [0.1, 0.15) is 12.6 Å². The molecular formula is C67H114N10O10. The lowest BCUT2D eigenvalue weighted by atomic mass is 10.0. The molecule has 20 nitrogen and oxygen atoms in total. The smallest absolute Gasteiger partial charge is 0.326 e. The molecule has 0 fully saturated rings. The fourth-order valence-electron chi connectivity index (χ4n) is 10.5. The van der Waals surface area contributed by atoms with Crippen molar-refractivity contribution in [3.63, 3.8) is 0 Å². The van der Waals surface area contributed by atoms with Gasteiger partial charge in [-0.3, -0.25) is 29.0 Å². The van der Waals surface area contributed by atoms with E-state index in [4.69, 9.17) is 20.2 Å². The number of H-pyrrole nitrogens is 1. The zero-order valence-corrected chi connectivity index (χ0v) is 53.7. The van der Waals surface area contributed by atoms with Crippen LogP contribution in [0.3, 0.4) is 0 Å². The topological polar surface area (TPSA) is 282 Å². The van der Waals surface area contributed by atoms with E-state index in [0.29, 0.717) is 44.0 Å². The van der Waals surface area contributed by atoms with Crippen molar-refractivity contribution in [2.24, 2.45) is 0 Å². The lowest BCUT2D eigenvalue weighted by Crippen LogP contribution is -2.41. The number of aromatic nitrogens is 4. The standard InChI is InChI=1S/C67H114N10O10/c1-3-5-7-9-11-13-15-17-19-21-23-25-27-29-31-33-47-77(48-34-32-30-28-26-24-22-20-18-16-14-12-10-8-6-4-2)61(80)44-43-60(79)69-45-35-49-85-51-52-87-86-50-36-46-70-59(78)42-41-58(66(83)84)74-64(81)55-37-39-56(40-38-55)71-53-57-54-72-63-62(73-57)65(82)76-67(68)75-63/h37-40,54,58,71H,3-36,41-53H2,1-2H3,(H,69,79)(H,70,78)(H,74,81)(H,83,84)(H3,68,72,75,76,82). The number of amides is 4. The Kier molecular flexibility index (Phi) is 44.4. The highest BCUT2D eigenvalue weighted by Crippen LogP contribution is 2.18. The molecule has 0 radical (unpaired) electrons. The van der Waals surface area contributed by atoms with Crippen LogP contribution in [0.2, 0.25) is 0 Å². The lowest BCUT2D eigenvalue weighted by molar-refractivity contribution is -0.299. The Balaban J connectivity index is 1.19. The maximum absolute atomic E-state index is 13.5. The Morgan fingerprint density at radius 2 is 1.05 bits per heavy atom. The molecule has 4 amide bonds. The van der Waals surface area contributed by atoms with Gasteiger partial charge in [-0.05, 0) is 56.4 Å². The molecule has 2 aromatic heterocycles. The minimum absolute atomic E-state index is 0.0528. The van der Waals surface area contributed by atoms with E-state index in [9.17, 15) is 33.9 Å². The summed E-state index contributed by atoms with van der Waals surface area (Å²) in [5.41, 5.74) is 6.56. The number of rotatable bonds is 58. The number of fused-ring (bicyclic) bond motifs is 1. The number of nitrogens with zero attached hydrogens (tertiary/aromatic N) is 4. The lowest BCUT2D eigenvalue weighted by Gasteiger charge is -2.23. The first kappa shape index (κ1) is 75.5. The molecule has 492 valence electrons.